The molecular formula is C13H10BrClF2N2. The van der Waals surface area contributed by atoms with Crippen molar-refractivity contribution >= 4 is 27.5 Å². The van der Waals surface area contributed by atoms with Crippen LogP contribution in [0.15, 0.2) is 40.9 Å². The van der Waals surface area contributed by atoms with Crippen LogP contribution in [0.5, 0.6) is 0 Å². The van der Waals surface area contributed by atoms with Gasteiger partial charge in [-0.15, -0.1) is 0 Å². The zero-order valence-corrected chi connectivity index (χ0v) is 12.0. The van der Waals surface area contributed by atoms with Crippen LogP contribution in [-0.4, -0.2) is 0 Å². The molecule has 0 aliphatic rings. The van der Waals surface area contributed by atoms with Gasteiger partial charge in [-0.3, -0.25) is 5.84 Å². The van der Waals surface area contributed by atoms with Gasteiger partial charge in [0.05, 0.1) is 10.5 Å². The lowest BCUT2D eigenvalue weighted by molar-refractivity contribution is 0.529. The second kappa shape index (κ2) is 5.96. The third-order valence-corrected chi connectivity index (χ3v) is 3.69. The van der Waals surface area contributed by atoms with E-state index in [1.807, 2.05) is 0 Å². The molecule has 0 aliphatic heterocycles. The van der Waals surface area contributed by atoms with Crippen LogP contribution in [-0.2, 0) is 0 Å². The van der Waals surface area contributed by atoms with E-state index in [-0.39, 0.29) is 20.6 Å². The summed E-state index contributed by atoms with van der Waals surface area (Å²) >= 11 is 9.06. The fourth-order valence-electron chi connectivity index (χ4n) is 1.86. The quantitative estimate of drug-likeness (QED) is 0.652. The summed E-state index contributed by atoms with van der Waals surface area (Å²) in [5.41, 5.74) is 2.73. The van der Waals surface area contributed by atoms with Crippen LogP contribution in [0.2, 0.25) is 5.02 Å². The van der Waals surface area contributed by atoms with Crippen LogP contribution >= 0.6 is 27.5 Å². The highest BCUT2D eigenvalue weighted by molar-refractivity contribution is 9.10. The largest absolute Gasteiger partial charge is 0.271 e. The van der Waals surface area contributed by atoms with Crippen molar-refractivity contribution in [3.8, 4) is 0 Å². The highest BCUT2D eigenvalue weighted by atomic mass is 79.9. The standard InChI is InChI=1S/C13H10BrClF2N2/c14-8-4-1-3-7(12(8)17)13(19-18)11-9(15)5-2-6-10(11)16/h1-6,13,19H,18H2. The van der Waals surface area contributed by atoms with Crippen LogP contribution in [0.25, 0.3) is 0 Å². The van der Waals surface area contributed by atoms with Crippen molar-refractivity contribution < 1.29 is 8.78 Å². The van der Waals surface area contributed by atoms with Gasteiger partial charge in [0.25, 0.3) is 0 Å². The molecule has 100 valence electrons. The molecule has 0 saturated carbocycles. The highest BCUT2D eigenvalue weighted by Gasteiger charge is 2.23. The molecule has 6 heteroatoms. The van der Waals surface area contributed by atoms with Crippen LogP contribution in [0, 0.1) is 11.6 Å². The van der Waals surface area contributed by atoms with Crippen molar-refractivity contribution in [1.82, 2.24) is 5.43 Å². The summed E-state index contributed by atoms with van der Waals surface area (Å²) < 4.78 is 28.2. The lowest BCUT2D eigenvalue weighted by atomic mass is 9.98. The molecule has 0 aliphatic carbocycles. The van der Waals surface area contributed by atoms with Gasteiger partial charge in [0.2, 0.25) is 0 Å². The Hall–Kier alpha value is -1.01. The van der Waals surface area contributed by atoms with E-state index in [9.17, 15) is 8.78 Å². The molecule has 2 aromatic rings. The van der Waals surface area contributed by atoms with Gasteiger partial charge < -0.3 is 0 Å². The van der Waals surface area contributed by atoms with Gasteiger partial charge in [-0.1, -0.05) is 29.8 Å². The van der Waals surface area contributed by atoms with Crippen LogP contribution < -0.4 is 11.3 Å². The summed E-state index contributed by atoms with van der Waals surface area (Å²) in [4.78, 5) is 0. The van der Waals surface area contributed by atoms with E-state index in [4.69, 9.17) is 17.4 Å². The predicted octanol–water partition coefficient (Wildman–Crippen LogP) is 3.93. The molecule has 2 aromatic carbocycles. The minimum Gasteiger partial charge on any atom is -0.271 e. The zero-order chi connectivity index (χ0) is 14.0. The van der Waals surface area contributed by atoms with Crippen LogP contribution in [0.1, 0.15) is 17.2 Å². The summed E-state index contributed by atoms with van der Waals surface area (Å²) in [5, 5.41) is 0.183. The molecule has 1 unspecified atom stereocenters. The number of benzene rings is 2. The van der Waals surface area contributed by atoms with Crippen LogP contribution in [0.3, 0.4) is 0 Å². The maximum Gasteiger partial charge on any atom is 0.142 e. The Balaban J connectivity index is 2.60. The molecule has 0 saturated heterocycles. The lowest BCUT2D eigenvalue weighted by Gasteiger charge is -2.19. The minimum absolute atomic E-state index is 0.115. The zero-order valence-electron chi connectivity index (χ0n) is 9.63. The fourth-order valence-corrected chi connectivity index (χ4v) is 2.51. The molecule has 2 nitrogen and oxygen atoms in total. The molecule has 0 spiro atoms. The van der Waals surface area contributed by atoms with E-state index in [0.29, 0.717) is 0 Å². The van der Waals surface area contributed by atoms with E-state index in [1.54, 1.807) is 12.1 Å². The normalized spacial score (nSPS) is 12.5. The number of nitrogens with one attached hydrogen (secondary N) is 1. The number of hydrogen-bond donors (Lipinski definition) is 2. The van der Waals surface area contributed by atoms with Crippen LogP contribution in [0.4, 0.5) is 8.78 Å². The summed E-state index contributed by atoms with van der Waals surface area (Å²) in [7, 11) is 0. The predicted molar refractivity (Wildman–Crippen MR) is 74.7 cm³/mol. The minimum atomic E-state index is -0.869. The van der Waals surface area contributed by atoms with E-state index >= 15 is 0 Å². The molecule has 0 amide bonds. The van der Waals surface area contributed by atoms with E-state index < -0.39 is 17.7 Å². The molecule has 19 heavy (non-hydrogen) atoms. The van der Waals surface area contributed by atoms with Gasteiger partial charge in [-0.2, -0.15) is 0 Å². The molecule has 0 heterocycles. The Morgan fingerprint density at radius 3 is 2.47 bits per heavy atom. The van der Waals surface area contributed by atoms with E-state index in [0.717, 1.165) is 0 Å². The SMILES string of the molecule is NNC(c1cccc(Br)c1F)c1c(F)cccc1Cl. The van der Waals surface area contributed by atoms with E-state index in [1.165, 1.54) is 24.3 Å². The van der Waals surface area contributed by atoms with Crippen molar-refractivity contribution in [2.45, 2.75) is 6.04 Å². The first-order valence-electron chi connectivity index (χ1n) is 5.40. The van der Waals surface area contributed by atoms with Crippen molar-refractivity contribution in [3.05, 3.63) is 68.7 Å². The Morgan fingerprint density at radius 2 is 1.84 bits per heavy atom. The molecular weight excluding hydrogens is 338 g/mol. The number of halogens is 4. The highest BCUT2D eigenvalue weighted by Crippen LogP contribution is 2.33. The molecule has 3 N–H and O–H groups in total. The first kappa shape index (κ1) is 14.4. The molecule has 0 radical (unpaired) electrons. The Morgan fingerprint density at radius 1 is 1.16 bits per heavy atom. The average molecular weight is 348 g/mol. The fraction of sp³-hybridized carbons (Fsp3) is 0.0769. The average Bonchev–Trinajstić information content (AvgIpc) is 2.38. The number of rotatable bonds is 3. The molecule has 0 aromatic heterocycles. The molecule has 2 rings (SSSR count). The molecule has 1 atom stereocenters. The maximum absolute atomic E-state index is 14.1. The molecule has 0 fully saturated rings. The van der Waals surface area contributed by atoms with Crippen molar-refractivity contribution in [1.29, 1.82) is 0 Å². The molecule has 0 bridgehead atoms. The van der Waals surface area contributed by atoms with Gasteiger partial charge in [0.1, 0.15) is 11.6 Å². The second-order valence-corrected chi connectivity index (χ2v) is 5.14. The first-order valence-corrected chi connectivity index (χ1v) is 6.57. The maximum atomic E-state index is 14.1. The van der Waals surface area contributed by atoms with Crippen molar-refractivity contribution in [3.63, 3.8) is 0 Å². The van der Waals surface area contributed by atoms with Gasteiger partial charge in [-0.25, -0.2) is 14.2 Å². The first-order chi connectivity index (χ1) is 9.06. The second-order valence-electron chi connectivity index (χ2n) is 3.88. The number of nitrogens with two attached hydrogens (primary N) is 1. The van der Waals surface area contributed by atoms with Gasteiger partial charge >= 0.3 is 0 Å². The topological polar surface area (TPSA) is 38.0 Å². The van der Waals surface area contributed by atoms with Crippen molar-refractivity contribution in [2.75, 3.05) is 0 Å². The summed E-state index contributed by atoms with van der Waals surface area (Å²) in [6, 6.07) is 8.10. The van der Waals surface area contributed by atoms with Gasteiger partial charge in [0.15, 0.2) is 0 Å². The Bertz CT molecular complexity index is 587. The summed E-state index contributed by atoms with van der Waals surface area (Å²) in [5.74, 6) is 4.38. The summed E-state index contributed by atoms with van der Waals surface area (Å²) in [6.07, 6.45) is 0. The van der Waals surface area contributed by atoms with Crippen molar-refractivity contribution in [2.24, 2.45) is 5.84 Å². The monoisotopic (exact) mass is 346 g/mol. The van der Waals surface area contributed by atoms with E-state index in [2.05, 4.69) is 21.4 Å². The smallest absolute Gasteiger partial charge is 0.142 e. The number of hydrogen-bond acceptors (Lipinski definition) is 2. The van der Waals surface area contributed by atoms with Gasteiger partial charge in [-0.05, 0) is 34.1 Å². The van der Waals surface area contributed by atoms with Gasteiger partial charge in [0, 0.05) is 16.1 Å². The third-order valence-electron chi connectivity index (χ3n) is 2.75. The summed E-state index contributed by atoms with van der Waals surface area (Å²) in [6.45, 7) is 0. The lowest BCUT2D eigenvalue weighted by Crippen LogP contribution is -2.30. The Kier molecular flexibility index (Phi) is 4.52. The number of hydrazine groups is 1. The Labute approximate surface area is 122 Å². The third kappa shape index (κ3) is 2.79.